The number of rotatable bonds is 6. The van der Waals surface area contributed by atoms with Crippen LogP contribution in [0.2, 0.25) is 0 Å². The molecule has 0 amide bonds. The highest BCUT2D eigenvalue weighted by Gasteiger charge is 2.35. The first-order valence-electron chi connectivity index (χ1n) is 7.37. The van der Waals surface area contributed by atoms with Gasteiger partial charge in [0.2, 0.25) is 0 Å². The fourth-order valence-corrected chi connectivity index (χ4v) is 2.15. The van der Waals surface area contributed by atoms with Crippen LogP contribution >= 0.6 is 0 Å². The van der Waals surface area contributed by atoms with E-state index in [1.165, 1.54) is 11.1 Å². The minimum Gasteiger partial charge on any atom is -0.349 e. The number of hydrogen-bond acceptors (Lipinski definition) is 2. The average molecular weight is 266 g/mol. The second kappa shape index (κ2) is 7.25. The highest BCUT2D eigenvalue weighted by atomic mass is 16.7. The molecule has 0 saturated carbocycles. The zero-order valence-electron chi connectivity index (χ0n) is 13.5. The van der Waals surface area contributed by atoms with Crippen LogP contribution in [-0.2, 0) is 9.47 Å². The summed E-state index contributed by atoms with van der Waals surface area (Å²) in [6.07, 6.45) is 8.09. The van der Waals surface area contributed by atoms with Crippen molar-refractivity contribution in [1.29, 1.82) is 0 Å². The van der Waals surface area contributed by atoms with Gasteiger partial charge in [-0.3, -0.25) is 0 Å². The molecule has 0 aromatic carbocycles. The Labute approximate surface area is 118 Å². The Balaban J connectivity index is 2.42. The molecular formula is C17H30O2. The lowest BCUT2D eigenvalue weighted by Gasteiger charge is -2.29. The molecule has 0 aromatic heterocycles. The van der Waals surface area contributed by atoms with Crippen LogP contribution in [0, 0.1) is 5.41 Å². The summed E-state index contributed by atoms with van der Waals surface area (Å²) in [6.45, 7) is 13.7. The van der Waals surface area contributed by atoms with E-state index in [0.29, 0.717) is 0 Å². The van der Waals surface area contributed by atoms with Crippen LogP contribution in [0.5, 0.6) is 0 Å². The van der Waals surface area contributed by atoms with Crippen molar-refractivity contribution in [2.45, 2.75) is 73.2 Å². The smallest absolute Gasteiger partial charge is 0.163 e. The van der Waals surface area contributed by atoms with Gasteiger partial charge >= 0.3 is 0 Å². The number of ether oxygens (including phenoxy) is 2. The molecule has 0 unspecified atom stereocenters. The van der Waals surface area contributed by atoms with Crippen LogP contribution in [-0.4, -0.2) is 19.0 Å². The van der Waals surface area contributed by atoms with E-state index in [-0.39, 0.29) is 17.8 Å². The fraction of sp³-hybridized carbons (Fsp3) is 0.765. The van der Waals surface area contributed by atoms with Crippen molar-refractivity contribution in [1.82, 2.24) is 0 Å². The van der Waals surface area contributed by atoms with E-state index in [4.69, 9.17) is 9.47 Å². The third-order valence-electron chi connectivity index (χ3n) is 3.54. The highest BCUT2D eigenvalue weighted by molar-refractivity contribution is 5.03. The first-order valence-corrected chi connectivity index (χ1v) is 7.37. The lowest BCUT2D eigenvalue weighted by molar-refractivity contribution is -0.127. The van der Waals surface area contributed by atoms with Crippen LogP contribution < -0.4 is 0 Å². The van der Waals surface area contributed by atoms with E-state index < -0.39 is 0 Å². The van der Waals surface area contributed by atoms with Gasteiger partial charge in [-0.05, 0) is 47.0 Å². The Morgan fingerprint density at radius 2 is 1.89 bits per heavy atom. The Hall–Kier alpha value is -0.600. The van der Waals surface area contributed by atoms with E-state index in [1.807, 2.05) is 0 Å². The van der Waals surface area contributed by atoms with E-state index in [9.17, 15) is 0 Å². The summed E-state index contributed by atoms with van der Waals surface area (Å²) in [4.78, 5) is 0. The van der Waals surface area contributed by atoms with Gasteiger partial charge in [0.1, 0.15) is 0 Å². The van der Waals surface area contributed by atoms with Crippen LogP contribution in [0.3, 0.4) is 0 Å². The number of allylic oxidation sites excluding steroid dienone is 4. The molecule has 1 aliphatic rings. The number of hydrogen-bond donors (Lipinski definition) is 0. The predicted octanol–water partition coefficient (Wildman–Crippen LogP) is 4.86. The van der Waals surface area contributed by atoms with Crippen molar-refractivity contribution in [3.63, 3.8) is 0 Å². The molecule has 110 valence electrons. The van der Waals surface area contributed by atoms with Crippen LogP contribution in [0.25, 0.3) is 0 Å². The van der Waals surface area contributed by atoms with Crippen molar-refractivity contribution in [2.75, 3.05) is 6.61 Å². The van der Waals surface area contributed by atoms with Gasteiger partial charge in [0.25, 0.3) is 0 Å². The van der Waals surface area contributed by atoms with Gasteiger partial charge in [-0.2, -0.15) is 0 Å². The summed E-state index contributed by atoms with van der Waals surface area (Å²) in [5, 5.41) is 0. The van der Waals surface area contributed by atoms with Gasteiger partial charge in [-0.15, -0.1) is 0 Å². The van der Waals surface area contributed by atoms with Gasteiger partial charge in [-0.1, -0.05) is 37.1 Å². The third kappa shape index (κ3) is 5.92. The minimum absolute atomic E-state index is 0.0442. The molecule has 1 rings (SSSR count). The largest absolute Gasteiger partial charge is 0.349 e. The predicted molar refractivity (Wildman–Crippen MR) is 81.1 cm³/mol. The van der Waals surface area contributed by atoms with E-state index in [2.05, 4.69) is 53.7 Å². The minimum atomic E-state index is -0.0654. The average Bonchev–Trinajstić information content (AvgIpc) is 2.74. The van der Waals surface area contributed by atoms with Gasteiger partial charge < -0.3 is 9.47 Å². The molecular weight excluding hydrogens is 236 g/mol. The molecule has 1 fully saturated rings. The molecule has 0 bridgehead atoms. The van der Waals surface area contributed by atoms with Gasteiger partial charge in [0.05, 0.1) is 12.7 Å². The molecule has 0 N–H and O–H groups in total. The molecule has 0 radical (unpaired) electrons. The second-order valence-corrected chi connectivity index (χ2v) is 6.68. The van der Waals surface area contributed by atoms with Crippen molar-refractivity contribution in [3.8, 4) is 0 Å². The summed E-state index contributed by atoms with van der Waals surface area (Å²) in [6, 6.07) is 0. The van der Waals surface area contributed by atoms with E-state index in [0.717, 1.165) is 25.9 Å². The summed E-state index contributed by atoms with van der Waals surface area (Å²) in [7, 11) is 0. The molecule has 1 heterocycles. The molecule has 2 heteroatoms. The maximum atomic E-state index is 5.81. The van der Waals surface area contributed by atoms with Gasteiger partial charge in [0, 0.05) is 5.41 Å². The van der Waals surface area contributed by atoms with E-state index in [1.54, 1.807) is 0 Å². The Bertz CT molecular complexity index is 335. The second-order valence-electron chi connectivity index (χ2n) is 6.68. The third-order valence-corrected chi connectivity index (χ3v) is 3.54. The molecule has 2 atom stereocenters. The molecule has 2 nitrogen and oxygen atoms in total. The topological polar surface area (TPSA) is 18.5 Å². The molecule has 1 saturated heterocycles. The lowest BCUT2D eigenvalue weighted by atomic mass is 9.87. The molecule has 0 aliphatic carbocycles. The highest BCUT2D eigenvalue weighted by Crippen LogP contribution is 2.33. The summed E-state index contributed by atoms with van der Waals surface area (Å²) in [5.74, 6) is 0. The van der Waals surface area contributed by atoms with Crippen LogP contribution in [0.4, 0.5) is 0 Å². The van der Waals surface area contributed by atoms with Gasteiger partial charge in [0.15, 0.2) is 6.29 Å². The zero-order valence-corrected chi connectivity index (χ0v) is 13.5. The first-order chi connectivity index (χ1) is 8.81. The summed E-state index contributed by atoms with van der Waals surface area (Å²) in [5.41, 5.74) is 2.90. The van der Waals surface area contributed by atoms with Crippen molar-refractivity contribution in [3.05, 3.63) is 23.3 Å². The summed E-state index contributed by atoms with van der Waals surface area (Å²) >= 11 is 0. The van der Waals surface area contributed by atoms with E-state index >= 15 is 0 Å². The fourth-order valence-electron chi connectivity index (χ4n) is 2.15. The van der Waals surface area contributed by atoms with Crippen molar-refractivity contribution in [2.24, 2.45) is 5.41 Å². The monoisotopic (exact) mass is 266 g/mol. The zero-order chi connectivity index (χ0) is 14.5. The molecule has 19 heavy (non-hydrogen) atoms. The van der Waals surface area contributed by atoms with Crippen molar-refractivity contribution >= 4 is 0 Å². The van der Waals surface area contributed by atoms with Crippen LogP contribution in [0.15, 0.2) is 23.3 Å². The lowest BCUT2D eigenvalue weighted by Crippen LogP contribution is -2.30. The van der Waals surface area contributed by atoms with Crippen molar-refractivity contribution < 1.29 is 9.47 Å². The maximum absolute atomic E-state index is 5.81. The molecule has 0 spiro atoms. The Morgan fingerprint density at radius 1 is 1.21 bits per heavy atom. The standard InChI is InChI=1S/C17H30O2/c1-13(2)8-7-9-14(3)10-11-17(5,6)16-18-12-15(4)19-16/h8,10,15-16H,7,9,11-12H2,1-6H3/b14-10+/t15-,16+/m0/s1. The quantitative estimate of drug-likeness (QED) is 0.639. The Morgan fingerprint density at radius 3 is 2.42 bits per heavy atom. The summed E-state index contributed by atoms with van der Waals surface area (Å²) < 4.78 is 11.5. The molecule has 1 aliphatic heterocycles. The first kappa shape index (κ1) is 16.5. The normalized spacial score (nSPS) is 24.6. The maximum Gasteiger partial charge on any atom is 0.163 e. The Kier molecular flexibility index (Phi) is 6.28. The van der Waals surface area contributed by atoms with Crippen LogP contribution in [0.1, 0.15) is 60.8 Å². The SMILES string of the molecule is CC(C)=CCC/C(C)=C/CC(C)(C)[C@@H]1OC[C@H](C)O1. The molecule has 0 aromatic rings. The van der Waals surface area contributed by atoms with Gasteiger partial charge in [-0.25, -0.2) is 0 Å².